The van der Waals surface area contributed by atoms with Crippen LogP contribution in [0.1, 0.15) is 31.7 Å². The van der Waals surface area contributed by atoms with E-state index in [1.165, 1.54) is 0 Å². The van der Waals surface area contributed by atoms with Crippen LogP contribution in [0.3, 0.4) is 0 Å². The number of ketones is 2. The smallest absolute Gasteiger partial charge is 0.140 e. The van der Waals surface area contributed by atoms with Gasteiger partial charge in [0.05, 0.1) is 6.42 Å². The average Bonchev–Trinajstić information content (AvgIpc) is 2.27. The summed E-state index contributed by atoms with van der Waals surface area (Å²) in [5.41, 5.74) is 1.15. The Morgan fingerprint density at radius 2 is 1.73 bits per heavy atom. The second kappa shape index (κ2) is 6.12. The van der Waals surface area contributed by atoms with Gasteiger partial charge < -0.3 is 0 Å². The maximum atomic E-state index is 11.4. The SMILES string of the molecule is CCC(=O)CC(=O)CCc1ccccc1. The van der Waals surface area contributed by atoms with E-state index < -0.39 is 0 Å². The van der Waals surface area contributed by atoms with E-state index in [0.29, 0.717) is 12.8 Å². The normalized spacial score (nSPS) is 9.93. The minimum absolute atomic E-state index is 0.0352. The number of Topliss-reactive ketones (excluding diaryl/α,β-unsaturated/α-hetero) is 2. The molecular weight excluding hydrogens is 188 g/mol. The van der Waals surface area contributed by atoms with Gasteiger partial charge in [0.25, 0.3) is 0 Å². The molecule has 0 aliphatic rings. The summed E-state index contributed by atoms with van der Waals surface area (Å²) >= 11 is 0. The zero-order valence-electron chi connectivity index (χ0n) is 9.03. The van der Waals surface area contributed by atoms with Crippen LogP contribution in [0.5, 0.6) is 0 Å². The highest BCUT2D eigenvalue weighted by atomic mass is 16.1. The summed E-state index contributed by atoms with van der Waals surface area (Å²) in [5.74, 6) is 0.0822. The standard InChI is InChI=1S/C13H16O2/c1-2-12(14)10-13(15)9-8-11-6-4-3-5-7-11/h3-7H,2,8-10H2,1H3. The first-order chi connectivity index (χ1) is 7.22. The van der Waals surface area contributed by atoms with Crippen LogP contribution in [0.2, 0.25) is 0 Å². The fraction of sp³-hybridized carbons (Fsp3) is 0.385. The van der Waals surface area contributed by atoms with Crippen molar-refractivity contribution in [1.82, 2.24) is 0 Å². The van der Waals surface area contributed by atoms with Gasteiger partial charge in [-0.2, -0.15) is 0 Å². The number of carbonyl (C=O) groups is 2. The van der Waals surface area contributed by atoms with E-state index in [0.717, 1.165) is 12.0 Å². The number of rotatable bonds is 6. The van der Waals surface area contributed by atoms with Crippen molar-refractivity contribution in [3.8, 4) is 0 Å². The van der Waals surface area contributed by atoms with Gasteiger partial charge in [0, 0.05) is 12.8 Å². The molecule has 1 aromatic rings. The van der Waals surface area contributed by atoms with Crippen molar-refractivity contribution in [3.63, 3.8) is 0 Å². The van der Waals surface area contributed by atoms with Gasteiger partial charge in [-0.15, -0.1) is 0 Å². The van der Waals surface area contributed by atoms with Gasteiger partial charge in [-0.05, 0) is 12.0 Å². The molecule has 0 radical (unpaired) electrons. The Kier molecular flexibility index (Phi) is 4.75. The van der Waals surface area contributed by atoms with Gasteiger partial charge in [0.1, 0.15) is 11.6 Å². The highest BCUT2D eigenvalue weighted by Crippen LogP contribution is 2.04. The van der Waals surface area contributed by atoms with Crippen LogP contribution in [-0.4, -0.2) is 11.6 Å². The molecule has 80 valence electrons. The number of aryl methyl sites for hydroxylation is 1. The lowest BCUT2D eigenvalue weighted by Gasteiger charge is -2.00. The average molecular weight is 204 g/mol. The van der Waals surface area contributed by atoms with Crippen molar-refractivity contribution in [2.24, 2.45) is 0 Å². The third kappa shape index (κ3) is 4.54. The molecule has 0 aromatic heterocycles. The van der Waals surface area contributed by atoms with Crippen LogP contribution < -0.4 is 0 Å². The number of hydrogen-bond acceptors (Lipinski definition) is 2. The molecule has 0 saturated carbocycles. The van der Waals surface area contributed by atoms with Gasteiger partial charge in [-0.25, -0.2) is 0 Å². The van der Waals surface area contributed by atoms with E-state index >= 15 is 0 Å². The minimum Gasteiger partial charge on any atom is -0.299 e. The van der Waals surface area contributed by atoms with E-state index in [1.807, 2.05) is 30.3 Å². The van der Waals surface area contributed by atoms with Crippen LogP contribution in [-0.2, 0) is 16.0 Å². The van der Waals surface area contributed by atoms with Crippen molar-refractivity contribution in [2.75, 3.05) is 0 Å². The molecule has 0 unspecified atom stereocenters. The van der Waals surface area contributed by atoms with E-state index in [2.05, 4.69) is 0 Å². The predicted molar refractivity (Wildman–Crippen MR) is 59.7 cm³/mol. The monoisotopic (exact) mass is 204 g/mol. The van der Waals surface area contributed by atoms with Crippen molar-refractivity contribution >= 4 is 11.6 Å². The van der Waals surface area contributed by atoms with Crippen LogP contribution in [0.15, 0.2) is 30.3 Å². The minimum atomic E-state index is 0.0352. The molecule has 2 heteroatoms. The molecule has 0 atom stereocenters. The fourth-order valence-corrected chi connectivity index (χ4v) is 1.36. The highest BCUT2D eigenvalue weighted by Gasteiger charge is 2.07. The summed E-state index contributed by atoms with van der Waals surface area (Å²) in [7, 11) is 0. The van der Waals surface area contributed by atoms with E-state index in [-0.39, 0.29) is 18.0 Å². The third-order valence-electron chi connectivity index (χ3n) is 2.32. The lowest BCUT2D eigenvalue weighted by molar-refractivity contribution is -0.126. The second-order valence-corrected chi connectivity index (χ2v) is 3.59. The fourth-order valence-electron chi connectivity index (χ4n) is 1.36. The largest absolute Gasteiger partial charge is 0.299 e. The topological polar surface area (TPSA) is 34.1 Å². The molecule has 0 heterocycles. The first-order valence-electron chi connectivity index (χ1n) is 5.29. The number of hydrogen-bond donors (Lipinski definition) is 0. The molecule has 0 saturated heterocycles. The molecule has 1 aromatic carbocycles. The summed E-state index contributed by atoms with van der Waals surface area (Å²) in [4.78, 5) is 22.4. The lowest BCUT2D eigenvalue weighted by Crippen LogP contribution is -2.07. The second-order valence-electron chi connectivity index (χ2n) is 3.59. The summed E-state index contributed by atoms with van der Waals surface area (Å²) in [6.07, 6.45) is 1.76. The highest BCUT2D eigenvalue weighted by molar-refractivity contribution is 5.98. The Balaban J connectivity index is 2.32. The summed E-state index contributed by atoms with van der Waals surface area (Å²) in [6, 6.07) is 9.85. The van der Waals surface area contributed by atoms with Crippen LogP contribution >= 0.6 is 0 Å². The van der Waals surface area contributed by atoms with Crippen molar-refractivity contribution in [2.45, 2.75) is 32.6 Å². The molecule has 0 aliphatic heterocycles. The van der Waals surface area contributed by atoms with E-state index in [4.69, 9.17) is 0 Å². The maximum absolute atomic E-state index is 11.4. The first-order valence-corrected chi connectivity index (χ1v) is 5.29. The molecule has 15 heavy (non-hydrogen) atoms. The van der Waals surface area contributed by atoms with Gasteiger partial charge in [-0.3, -0.25) is 9.59 Å². The molecule has 0 N–H and O–H groups in total. The molecule has 0 fully saturated rings. The molecular formula is C13H16O2. The van der Waals surface area contributed by atoms with E-state index in [9.17, 15) is 9.59 Å². The maximum Gasteiger partial charge on any atom is 0.140 e. The molecule has 2 nitrogen and oxygen atoms in total. The van der Waals surface area contributed by atoms with Crippen molar-refractivity contribution < 1.29 is 9.59 Å². The Bertz CT molecular complexity index is 328. The molecule has 0 bridgehead atoms. The lowest BCUT2D eigenvalue weighted by atomic mass is 10.0. The quantitative estimate of drug-likeness (QED) is 0.667. The zero-order chi connectivity index (χ0) is 11.1. The summed E-state index contributed by atoms with van der Waals surface area (Å²) in [6.45, 7) is 1.78. The van der Waals surface area contributed by atoms with Gasteiger partial charge in [0.2, 0.25) is 0 Å². The Morgan fingerprint density at radius 1 is 1.07 bits per heavy atom. The summed E-state index contributed by atoms with van der Waals surface area (Å²) < 4.78 is 0. The first kappa shape index (κ1) is 11.6. The van der Waals surface area contributed by atoms with Gasteiger partial charge >= 0.3 is 0 Å². The summed E-state index contributed by atoms with van der Waals surface area (Å²) in [5, 5.41) is 0. The van der Waals surface area contributed by atoms with Crippen molar-refractivity contribution in [1.29, 1.82) is 0 Å². The van der Waals surface area contributed by atoms with Gasteiger partial charge in [0.15, 0.2) is 0 Å². The van der Waals surface area contributed by atoms with Gasteiger partial charge in [-0.1, -0.05) is 37.3 Å². The van der Waals surface area contributed by atoms with Crippen LogP contribution in [0.4, 0.5) is 0 Å². The Morgan fingerprint density at radius 3 is 2.33 bits per heavy atom. The zero-order valence-corrected chi connectivity index (χ0v) is 9.03. The Hall–Kier alpha value is -1.44. The Labute approximate surface area is 90.3 Å². The predicted octanol–water partition coefficient (Wildman–Crippen LogP) is 2.56. The molecule has 0 aliphatic carbocycles. The third-order valence-corrected chi connectivity index (χ3v) is 2.32. The van der Waals surface area contributed by atoms with Crippen LogP contribution in [0.25, 0.3) is 0 Å². The number of benzene rings is 1. The molecule has 1 rings (SSSR count). The van der Waals surface area contributed by atoms with Crippen molar-refractivity contribution in [3.05, 3.63) is 35.9 Å². The van der Waals surface area contributed by atoms with Crippen LogP contribution in [0, 0.1) is 0 Å². The van der Waals surface area contributed by atoms with E-state index in [1.54, 1.807) is 6.92 Å². The molecule has 0 spiro atoms. The number of carbonyl (C=O) groups excluding carboxylic acids is 2. The molecule has 0 amide bonds.